The molecule has 1 saturated heterocycles. The number of carboxylic acids is 1. The largest absolute Gasteiger partial charge is 0.476 e. The average Bonchev–Trinajstić information content (AvgIpc) is 3.10. The van der Waals surface area contributed by atoms with Gasteiger partial charge in [-0.25, -0.2) is 13.9 Å². The van der Waals surface area contributed by atoms with E-state index in [-0.39, 0.29) is 23.5 Å². The van der Waals surface area contributed by atoms with Crippen LogP contribution in [0.2, 0.25) is 0 Å². The molecule has 1 N–H and O–H groups in total. The Morgan fingerprint density at radius 1 is 1.36 bits per heavy atom. The van der Waals surface area contributed by atoms with Gasteiger partial charge >= 0.3 is 5.97 Å². The van der Waals surface area contributed by atoms with Crippen molar-refractivity contribution in [1.82, 2.24) is 19.9 Å². The van der Waals surface area contributed by atoms with Gasteiger partial charge in [0, 0.05) is 19.2 Å². The number of carbonyl (C=O) groups is 2. The van der Waals surface area contributed by atoms with Gasteiger partial charge in [-0.15, -0.1) is 5.10 Å². The SMILES string of the molecule is O=C(O)c1cn(C2CCCN(C(=O)/C=C/c3cccc(F)c3)C2)nn1. The first kappa shape index (κ1) is 16.8. The molecule has 1 atom stereocenters. The zero-order valence-electron chi connectivity index (χ0n) is 13.4. The summed E-state index contributed by atoms with van der Waals surface area (Å²) in [6.45, 7) is 1.04. The van der Waals surface area contributed by atoms with E-state index >= 15 is 0 Å². The molecule has 1 amide bonds. The summed E-state index contributed by atoms with van der Waals surface area (Å²) < 4.78 is 14.7. The third kappa shape index (κ3) is 4.09. The smallest absolute Gasteiger partial charge is 0.358 e. The molecule has 0 saturated carbocycles. The first-order valence-corrected chi connectivity index (χ1v) is 7.90. The molecule has 2 aromatic rings. The molecule has 2 heterocycles. The Bertz CT molecular complexity index is 818. The molecule has 130 valence electrons. The molecule has 1 aromatic heterocycles. The van der Waals surface area contributed by atoms with Crippen molar-refractivity contribution >= 4 is 18.0 Å². The van der Waals surface area contributed by atoms with E-state index in [0.29, 0.717) is 18.7 Å². The lowest BCUT2D eigenvalue weighted by atomic mass is 10.1. The number of halogens is 1. The Morgan fingerprint density at radius 2 is 2.20 bits per heavy atom. The van der Waals surface area contributed by atoms with Crippen molar-refractivity contribution in [2.45, 2.75) is 18.9 Å². The van der Waals surface area contributed by atoms with Crippen molar-refractivity contribution in [1.29, 1.82) is 0 Å². The number of nitrogens with zero attached hydrogens (tertiary/aromatic N) is 4. The molecule has 1 unspecified atom stereocenters. The lowest BCUT2D eigenvalue weighted by Crippen LogP contribution is -2.40. The van der Waals surface area contributed by atoms with E-state index in [1.165, 1.54) is 29.1 Å². The summed E-state index contributed by atoms with van der Waals surface area (Å²) in [5.74, 6) is -1.66. The topological polar surface area (TPSA) is 88.3 Å². The molecule has 0 aliphatic carbocycles. The van der Waals surface area contributed by atoms with Gasteiger partial charge in [0.15, 0.2) is 5.69 Å². The molecule has 25 heavy (non-hydrogen) atoms. The molecule has 1 fully saturated rings. The van der Waals surface area contributed by atoms with E-state index in [4.69, 9.17) is 5.11 Å². The quantitative estimate of drug-likeness (QED) is 0.857. The molecule has 8 heteroatoms. The number of carbonyl (C=O) groups excluding carboxylic acids is 1. The van der Waals surface area contributed by atoms with Gasteiger partial charge in [-0.05, 0) is 36.6 Å². The van der Waals surface area contributed by atoms with Crippen LogP contribution in [0.25, 0.3) is 6.08 Å². The Hall–Kier alpha value is -3.03. The van der Waals surface area contributed by atoms with Crippen LogP contribution in [0.15, 0.2) is 36.5 Å². The number of hydrogen-bond acceptors (Lipinski definition) is 4. The second-order valence-electron chi connectivity index (χ2n) is 5.86. The van der Waals surface area contributed by atoms with Gasteiger partial charge in [-0.3, -0.25) is 4.79 Å². The fraction of sp³-hybridized carbons (Fsp3) is 0.294. The predicted molar refractivity (Wildman–Crippen MR) is 87.3 cm³/mol. The summed E-state index contributed by atoms with van der Waals surface area (Å²) in [4.78, 5) is 24.9. The first-order chi connectivity index (χ1) is 12.0. The highest BCUT2D eigenvalue weighted by Crippen LogP contribution is 2.21. The van der Waals surface area contributed by atoms with Gasteiger partial charge in [-0.1, -0.05) is 17.3 Å². The molecule has 0 bridgehead atoms. The predicted octanol–water partition coefficient (Wildman–Crippen LogP) is 1.99. The highest BCUT2D eigenvalue weighted by Gasteiger charge is 2.25. The van der Waals surface area contributed by atoms with Gasteiger partial charge in [0.1, 0.15) is 5.82 Å². The normalized spacial score (nSPS) is 17.8. The van der Waals surface area contributed by atoms with Gasteiger partial charge in [-0.2, -0.15) is 0 Å². The minimum Gasteiger partial charge on any atom is -0.476 e. The number of aromatic nitrogens is 3. The zero-order valence-corrected chi connectivity index (χ0v) is 13.4. The highest BCUT2D eigenvalue weighted by molar-refractivity contribution is 5.91. The fourth-order valence-electron chi connectivity index (χ4n) is 2.81. The minimum atomic E-state index is -1.13. The van der Waals surface area contributed by atoms with Crippen molar-refractivity contribution in [3.05, 3.63) is 53.6 Å². The molecule has 1 aliphatic heterocycles. The van der Waals surface area contributed by atoms with E-state index in [1.54, 1.807) is 23.1 Å². The molecule has 0 spiro atoms. The second kappa shape index (κ2) is 7.25. The third-order valence-corrected chi connectivity index (χ3v) is 4.08. The Labute approximate surface area is 143 Å². The first-order valence-electron chi connectivity index (χ1n) is 7.90. The van der Waals surface area contributed by atoms with Gasteiger partial charge in [0.05, 0.1) is 12.2 Å². The van der Waals surface area contributed by atoms with Crippen molar-refractivity contribution in [3.63, 3.8) is 0 Å². The number of likely N-dealkylation sites (tertiary alicyclic amines) is 1. The summed E-state index contributed by atoms with van der Waals surface area (Å²) in [6.07, 6.45) is 5.95. The molecule has 1 aromatic carbocycles. The van der Waals surface area contributed by atoms with Gasteiger partial charge in [0.25, 0.3) is 0 Å². The Morgan fingerprint density at radius 3 is 2.92 bits per heavy atom. The number of hydrogen-bond donors (Lipinski definition) is 1. The van der Waals surface area contributed by atoms with Crippen LogP contribution in [0.4, 0.5) is 4.39 Å². The highest BCUT2D eigenvalue weighted by atomic mass is 19.1. The van der Waals surface area contributed by atoms with Crippen molar-refractivity contribution in [2.24, 2.45) is 0 Å². The standard InChI is InChI=1S/C17H17FN4O3/c18-13-4-1-3-12(9-13)6-7-16(23)21-8-2-5-14(10-21)22-11-15(17(24)25)19-20-22/h1,3-4,6-7,9,11,14H,2,5,8,10H2,(H,24,25)/b7-6+. The average molecular weight is 344 g/mol. The lowest BCUT2D eigenvalue weighted by molar-refractivity contribution is -0.127. The molecular weight excluding hydrogens is 327 g/mol. The van der Waals surface area contributed by atoms with Crippen LogP contribution in [0, 0.1) is 5.82 Å². The summed E-state index contributed by atoms with van der Waals surface area (Å²) >= 11 is 0. The van der Waals surface area contributed by atoms with Crippen LogP contribution >= 0.6 is 0 Å². The van der Waals surface area contributed by atoms with E-state index in [2.05, 4.69) is 10.3 Å². The third-order valence-electron chi connectivity index (χ3n) is 4.08. The lowest BCUT2D eigenvalue weighted by Gasteiger charge is -2.31. The van der Waals surface area contributed by atoms with Crippen LogP contribution in [0.3, 0.4) is 0 Å². The molecule has 7 nitrogen and oxygen atoms in total. The van der Waals surface area contributed by atoms with Crippen molar-refractivity contribution < 1.29 is 19.1 Å². The summed E-state index contributed by atoms with van der Waals surface area (Å²) in [6, 6.07) is 5.89. The molecular formula is C17H17FN4O3. The zero-order chi connectivity index (χ0) is 17.8. The monoisotopic (exact) mass is 344 g/mol. The van der Waals surface area contributed by atoms with E-state index in [1.807, 2.05) is 0 Å². The van der Waals surface area contributed by atoms with Crippen LogP contribution in [-0.4, -0.2) is 50.0 Å². The maximum Gasteiger partial charge on any atom is 0.358 e. The van der Waals surface area contributed by atoms with Crippen molar-refractivity contribution in [2.75, 3.05) is 13.1 Å². The summed E-state index contributed by atoms with van der Waals surface area (Å²) in [5.41, 5.74) is 0.499. The summed E-state index contributed by atoms with van der Waals surface area (Å²) in [5, 5.41) is 16.4. The number of piperidine rings is 1. The minimum absolute atomic E-state index is 0.110. The maximum absolute atomic E-state index is 13.2. The molecule has 3 rings (SSSR count). The number of carboxylic acid groups (broad SMARTS) is 1. The van der Waals surface area contributed by atoms with Gasteiger partial charge in [0.2, 0.25) is 5.91 Å². The van der Waals surface area contributed by atoms with E-state index in [9.17, 15) is 14.0 Å². The Balaban J connectivity index is 1.65. The maximum atomic E-state index is 13.2. The number of amides is 1. The number of aromatic carboxylic acids is 1. The fourth-order valence-corrected chi connectivity index (χ4v) is 2.81. The van der Waals surface area contributed by atoms with E-state index in [0.717, 1.165) is 12.8 Å². The van der Waals surface area contributed by atoms with Crippen LogP contribution in [0.5, 0.6) is 0 Å². The van der Waals surface area contributed by atoms with Crippen molar-refractivity contribution in [3.8, 4) is 0 Å². The molecule has 1 aliphatic rings. The number of rotatable bonds is 4. The van der Waals surface area contributed by atoms with E-state index < -0.39 is 5.97 Å². The summed E-state index contributed by atoms with van der Waals surface area (Å²) in [7, 11) is 0. The van der Waals surface area contributed by atoms with Gasteiger partial charge < -0.3 is 10.0 Å². The van der Waals surface area contributed by atoms with Crippen LogP contribution in [0.1, 0.15) is 34.9 Å². The van der Waals surface area contributed by atoms with Crippen LogP contribution in [-0.2, 0) is 4.79 Å². The second-order valence-corrected chi connectivity index (χ2v) is 5.86. The van der Waals surface area contributed by atoms with Crippen LogP contribution < -0.4 is 0 Å². The molecule has 0 radical (unpaired) electrons. The number of benzene rings is 1. The Kier molecular flexibility index (Phi) is 4.87.